The molecule has 1 saturated carbocycles. The summed E-state index contributed by atoms with van der Waals surface area (Å²) < 4.78 is 0. The predicted molar refractivity (Wildman–Crippen MR) is 68.0 cm³/mol. The smallest absolute Gasteiger partial charge is 0.0680 e. The van der Waals surface area contributed by atoms with Crippen molar-refractivity contribution in [3.8, 4) is 0 Å². The topological polar surface area (TPSA) is 38.7 Å². The monoisotopic (exact) mass is 239 g/mol. The lowest BCUT2D eigenvalue weighted by molar-refractivity contribution is 0.119. The molecule has 0 aromatic carbocycles. The largest absolute Gasteiger partial charge is 0.392 e. The van der Waals surface area contributed by atoms with Crippen molar-refractivity contribution in [3.05, 3.63) is 0 Å². The lowest BCUT2D eigenvalue weighted by Crippen LogP contribution is -2.50. The van der Waals surface area contributed by atoms with Gasteiger partial charge in [0.1, 0.15) is 0 Å². The Morgan fingerprint density at radius 3 is 2.18 bits per heavy atom. The number of nitrogens with zero attached hydrogens (tertiary/aromatic N) is 2. The summed E-state index contributed by atoms with van der Waals surface area (Å²) in [5.41, 5.74) is 0. The Morgan fingerprint density at radius 2 is 1.65 bits per heavy atom. The maximum Gasteiger partial charge on any atom is 0.0680 e. The molecule has 3 aliphatic rings. The highest BCUT2D eigenvalue weighted by Gasteiger charge is 2.28. The van der Waals surface area contributed by atoms with E-state index in [-0.39, 0.29) is 6.10 Å². The van der Waals surface area contributed by atoms with E-state index < -0.39 is 0 Å². The van der Waals surface area contributed by atoms with Crippen molar-refractivity contribution < 1.29 is 5.11 Å². The van der Waals surface area contributed by atoms with Crippen molar-refractivity contribution in [2.75, 3.05) is 45.8 Å². The second-order valence-corrected chi connectivity index (χ2v) is 6.04. The van der Waals surface area contributed by atoms with Crippen LogP contribution in [0, 0.1) is 5.92 Å². The standard InChI is InChI=1S/C13H25N3O/c17-13-7-12(14-8-13)10-16-5-3-15(4-6-16)9-11-1-2-11/h11-14,17H,1-10H2. The Kier molecular flexibility index (Phi) is 3.66. The van der Waals surface area contributed by atoms with Gasteiger partial charge in [0.05, 0.1) is 6.10 Å². The second-order valence-electron chi connectivity index (χ2n) is 6.04. The number of piperazine rings is 1. The molecule has 98 valence electrons. The van der Waals surface area contributed by atoms with Crippen LogP contribution >= 0.6 is 0 Å². The fourth-order valence-electron chi connectivity index (χ4n) is 3.07. The lowest BCUT2D eigenvalue weighted by Gasteiger charge is -2.36. The van der Waals surface area contributed by atoms with Gasteiger partial charge in [-0.2, -0.15) is 0 Å². The van der Waals surface area contributed by atoms with Gasteiger partial charge in [0, 0.05) is 51.9 Å². The molecule has 0 aromatic heterocycles. The third-order valence-electron chi connectivity index (χ3n) is 4.36. The van der Waals surface area contributed by atoms with Crippen molar-refractivity contribution in [3.63, 3.8) is 0 Å². The highest BCUT2D eigenvalue weighted by molar-refractivity contribution is 4.86. The van der Waals surface area contributed by atoms with Gasteiger partial charge in [0.2, 0.25) is 0 Å². The van der Waals surface area contributed by atoms with Crippen molar-refractivity contribution in [2.24, 2.45) is 5.92 Å². The first kappa shape index (κ1) is 11.9. The second kappa shape index (κ2) is 5.22. The van der Waals surface area contributed by atoms with E-state index in [0.29, 0.717) is 6.04 Å². The van der Waals surface area contributed by atoms with Crippen LogP contribution in [0.3, 0.4) is 0 Å². The third-order valence-corrected chi connectivity index (χ3v) is 4.36. The number of nitrogens with one attached hydrogen (secondary N) is 1. The van der Waals surface area contributed by atoms with Crippen molar-refractivity contribution in [1.82, 2.24) is 15.1 Å². The first-order chi connectivity index (χ1) is 8.29. The molecule has 2 N–H and O–H groups in total. The van der Waals surface area contributed by atoms with Crippen molar-refractivity contribution >= 4 is 0 Å². The van der Waals surface area contributed by atoms with Gasteiger partial charge in [-0.1, -0.05) is 0 Å². The molecule has 1 aliphatic carbocycles. The summed E-state index contributed by atoms with van der Waals surface area (Å²) >= 11 is 0. The van der Waals surface area contributed by atoms with Crippen molar-refractivity contribution in [2.45, 2.75) is 31.4 Å². The summed E-state index contributed by atoms with van der Waals surface area (Å²) in [6, 6.07) is 0.514. The molecule has 0 spiro atoms. The molecular weight excluding hydrogens is 214 g/mol. The summed E-state index contributed by atoms with van der Waals surface area (Å²) in [4.78, 5) is 5.18. The zero-order chi connectivity index (χ0) is 11.7. The molecule has 0 aromatic rings. The number of aliphatic hydroxyl groups is 1. The molecule has 2 saturated heterocycles. The van der Waals surface area contributed by atoms with Crippen molar-refractivity contribution in [1.29, 1.82) is 0 Å². The van der Waals surface area contributed by atoms with E-state index >= 15 is 0 Å². The average Bonchev–Trinajstić information content (AvgIpc) is 3.04. The fraction of sp³-hybridized carbons (Fsp3) is 1.00. The number of rotatable bonds is 4. The van der Waals surface area contributed by atoms with Crippen LogP contribution in [0.2, 0.25) is 0 Å². The summed E-state index contributed by atoms with van der Waals surface area (Å²) in [6.45, 7) is 8.15. The molecule has 0 bridgehead atoms. The normalized spacial score (nSPS) is 36.5. The maximum absolute atomic E-state index is 9.49. The molecule has 0 amide bonds. The Bertz CT molecular complexity index is 249. The minimum Gasteiger partial charge on any atom is -0.392 e. The molecular formula is C13H25N3O. The molecule has 3 rings (SSSR count). The SMILES string of the molecule is OC1CNC(CN2CCN(CC3CC3)CC2)C1. The molecule has 0 radical (unpaired) electrons. The van der Waals surface area contributed by atoms with Crippen LogP contribution in [-0.4, -0.2) is 72.9 Å². The number of hydrogen-bond donors (Lipinski definition) is 2. The molecule has 2 heterocycles. The van der Waals surface area contributed by atoms with Crippen LogP contribution < -0.4 is 5.32 Å². The lowest BCUT2D eigenvalue weighted by atomic mass is 10.2. The van der Waals surface area contributed by atoms with Gasteiger partial charge >= 0.3 is 0 Å². The van der Waals surface area contributed by atoms with Crippen LogP contribution in [0.15, 0.2) is 0 Å². The first-order valence-corrected chi connectivity index (χ1v) is 7.16. The summed E-state index contributed by atoms with van der Waals surface area (Å²) in [7, 11) is 0. The minimum atomic E-state index is -0.115. The van der Waals surface area contributed by atoms with E-state index in [2.05, 4.69) is 15.1 Å². The average molecular weight is 239 g/mol. The number of β-amino-alcohol motifs (C(OH)–C–C–N with tert-alkyl or cyclic N) is 1. The summed E-state index contributed by atoms with van der Waals surface area (Å²) in [6.07, 6.45) is 3.74. The summed E-state index contributed by atoms with van der Waals surface area (Å²) in [5, 5.41) is 12.9. The van der Waals surface area contributed by atoms with E-state index in [9.17, 15) is 5.11 Å². The first-order valence-electron chi connectivity index (χ1n) is 7.16. The van der Waals surface area contributed by atoms with E-state index in [1.165, 1.54) is 45.6 Å². The molecule has 4 heteroatoms. The van der Waals surface area contributed by atoms with Gasteiger partial charge in [0.15, 0.2) is 0 Å². The fourth-order valence-corrected chi connectivity index (χ4v) is 3.07. The van der Waals surface area contributed by atoms with Gasteiger partial charge in [-0.3, -0.25) is 4.90 Å². The summed E-state index contributed by atoms with van der Waals surface area (Å²) in [5.74, 6) is 1.02. The Labute approximate surface area is 104 Å². The van der Waals surface area contributed by atoms with Gasteiger partial charge in [-0.15, -0.1) is 0 Å². The van der Waals surface area contributed by atoms with E-state index in [0.717, 1.165) is 25.4 Å². The quantitative estimate of drug-likeness (QED) is 0.709. The molecule has 2 atom stereocenters. The minimum absolute atomic E-state index is 0.115. The van der Waals surface area contributed by atoms with Gasteiger partial charge < -0.3 is 15.3 Å². The predicted octanol–water partition coefficient (Wildman–Crippen LogP) is -0.263. The highest BCUT2D eigenvalue weighted by atomic mass is 16.3. The molecule has 3 fully saturated rings. The molecule has 4 nitrogen and oxygen atoms in total. The Morgan fingerprint density at radius 1 is 1.00 bits per heavy atom. The van der Waals surface area contributed by atoms with Gasteiger partial charge in [-0.25, -0.2) is 0 Å². The van der Waals surface area contributed by atoms with E-state index in [4.69, 9.17) is 0 Å². The van der Waals surface area contributed by atoms with Crippen LogP contribution in [0.5, 0.6) is 0 Å². The Hall–Kier alpha value is -0.160. The van der Waals surface area contributed by atoms with Crippen LogP contribution in [-0.2, 0) is 0 Å². The van der Waals surface area contributed by atoms with Crippen LogP contribution in [0.1, 0.15) is 19.3 Å². The molecule has 17 heavy (non-hydrogen) atoms. The molecule has 2 unspecified atom stereocenters. The van der Waals surface area contributed by atoms with Crippen LogP contribution in [0.4, 0.5) is 0 Å². The van der Waals surface area contributed by atoms with E-state index in [1.54, 1.807) is 0 Å². The van der Waals surface area contributed by atoms with Gasteiger partial charge in [-0.05, 0) is 25.2 Å². The zero-order valence-corrected chi connectivity index (χ0v) is 10.6. The van der Waals surface area contributed by atoms with E-state index in [1.807, 2.05) is 0 Å². The third kappa shape index (κ3) is 3.41. The zero-order valence-electron chi connectivity index (χ0n) is 10.6. The highest BCUT2D eigenvalue weighted by Crippen LogP contribution is 2.29. The number of aliphatic hydroxyl groups excluding tert-OH is 1. The Balaban J connectivity index is 1.36. The van der Waals surface area contributed by atoms with Gasteiger partial charge in [0.25, 0.3) is 0 Å². The maximum atomic E-state index is 9.49. The number of hydrogen-bond acceptors (Lipinski definition) is 4. The van der Waals surface area contributed by atoms with Crippen LogP contribution in [0.25, 0.3) is 0 Å². The molecule has 2 aliphatic heterocycles.